The number of sulfonamides is 1. The third-order valence-electron chi connectivity index (χ3n) is 4.10. The summed E-state index contributed by atoms with van der Waals surface area (Å²) in [7, 11) is -3.63. The predicted octanol–water partition coefficient (Wildman–Crippen LogP) is 1.04. The van der Waals surface area contributed by atoms with E-state index in [-0.39, 0.29) is 22.9 Å². The molecular weight excluding hydrogens is 304 g/mol. The van der Waals surface area contributed by atoms with Crippen LogP contribution in [0.25, 0.3) is 0 Å². The van der Waals surface area contributed by atoms with E-state index in [4.69, 9.17) is 4.74 Å². The Hall–Kier alpha value is -1.44. The molecule has 1 aromatic rings. The lowest BCUT2D eigenvalue weighted by molar-refractivity contribution is 0.0916. The summed E-state index contributed by atoms with van der Waals surface area (Å²) in [6.45, 7) is 0.956. The van der Waals surface area contributed by atoms with Gasteiger partial charge in [-0.1, -0.05) is 6.07 Å². The largest absolute Gasteiger partial charge is 0.380 e. The summed E-state index contributed by atoms with van der Waals surface area (Å²) >= 11 is 0. The number of amides is 1. The molecule has 0 radical (unpaired) electrons. The van der Waals surface area contributed by atoms with Gasteiger partial charge in [-0.05, 0) is 43.9 Å². The second-order valence-electron chi connectivity index (χ2n) is 5.81. The normalized spacial score (nSPS) is 22.3. The van der Waals surface area contributed by atoms with E-state index < -0.39 is 10.0 Å². The Morgan fingerprint density at radius 3 is 2.64 bits per heavy atom. The van der Waals surface area contributed by atoms with Gasteiger partial charge in [-0.3, -0.25) is 4.79 Å². The molecule has 6 nitrogen and oxygen atoms in total. The number of hydrogen-bond donors (Lipinski definition) is 2. The fourth-order valence-electron chi connectivity index (χ4n) is 2.54. The molecule has 2 aliphatic rings. The second kappa shape index (κ2) is 6.36. The van der Waals surface area contributed by atoms with Crippen molar-refractivity contribution in [1.29, 1.82) is 0 Å². The predicted molar refractivity (Wildman–Crippen MR) is 81.1 cm³/mol. The van der Waals surface area contributed by atoms with Gasteiger partial charge in [0.1, 0.15) is 0 Å². The first kappa shape index (κ1) is 15.5. The molecule has 2 N–H and O–H groups in total. The van der Waals surface area contributed by atoms with Crippen LogP contribution in [0.15, 0.2) is 29.2 Å². The highest BCUT2D eigenvalue weighted by Crippen LogP contribution is 2.19. The second-order valence-corrected chi connectivity index (χ2v) is 7.52. The maximum absolute atomic E-state index is 12.4. The van der Waals surface area contributed by atoms with Crippen LogP contribution in [0.1, 0.15) is 36.0 Å². The molecule has 0 spiro atoms. The number of rotatable bonds is 5. The van der Waals surface area contributed by atoms with E-state index in [1.165, 1.54) is 12.1 Å². The lowest BCUT2D eigenvalue weighted by atomic mass is 9.93. The Labute approximate surface area is 130 Å². The average molecular weight is 324 g/mol. The van der Waals surface area contributed by atoms with Gasteiger partial charge in [-0.25, -0.2) is 13.1 Å². The van der Waals surface area contributed by atoms with Crippen molar-refractivity contribution < 1.29 is 17.9 Å². The van der Waals surface area contributed by atoms with Crippen molar-refractivity contribution in [2.75, 3.05) is 13.2 Å². The number of carbonyl (C=O) groups is 1. The van der Waals surface area contributed by atoms with Crippen LogP contribution in [0.5, 0.6) is 0 Å². The molecule has 1 atom stereocenters. The fourth-order valence-corrected chi connectivity index (χ4v) is 3.84. The summed E-state index contributed by atoms with van der Waals surface area (Å²) in [5.41, 5.74) is 0.373. The minimum Gasteiger partial charge on any atom is -0.380 e. The van der Waals surface area contributed by atoms with E-state index in [0.29, 0.717) is 25.2 Å². The van der Waals surface area contributed by atoms with Crippen LogP contribution >= 0.6 is 0 Å². The summed E-state index contributed by atoms with van der Waals surface area (Å²) in [4.78, 5) is 12.2. The third kappa shape index (κ3) is 3.48. The average Bonchev–Trinajstić information content (AvgIpc) is 2.95. The summed E-state index contributed by atoms with van der Waals surface area (Å²) in [6, 6.07) is 6.17. The standard InChI is InChI=1S/C15H20N2O4S/c18-15(16-12-4-2-5-12)11-3-1-6-14(9-11)22(19,20)17-13-7-8-21-10-13/h1,3,6,9,12-13,17H,2,4-5,7-8,10H2,(H,16,18)/t13-/m0/s1. The lowest BCUT2D eigenvalue weighted by Crippen LogP contribution is -2.39. The minimum absolute atomic E-state index is 0.112. The first-order valence-corrected chi connectivity index (χ1v) is 9.04. The van der Waals surface area contributed by atoms with Crippen LogP contribution in [-0.4, -0.2) is 39.6 Å². The maximum atomic E-state index is 12.4. The summed E-state index contributed by atoms with van der Waals surface area (Å²) < 4.78 is 32.5. The molecule has 7 heteroatoms. The van der Waals surface area contributed by atoms with Crippen molar-refractivity contribution in [2.45, 2.75) is 42.7 Å². The molecule has 0 aromatic heterocycles. The molecule has 1 amide bonds. The zero-order chi connectivity index (χ0) is 15.6. The van der Waals surface area contributed by atoms with Crippen molar-refractivity contribution in [1.82, 2.24) is 10.0 Å². The topological polar surface area (TPSA) is 84.5 Å². The number of nitrogens with one attached hydrogen (secondary N) is 2. The molecule has 1 aromatic carbocycles. The lowest BCUT2D eigenvalue weighted by Gasteiger charge is -2.26. The molecule has 1 heterocycles. The van der Waals surface area contributed by atoms with Gasteiger partial charge in [0.15, 0.2) is 0 Å². The highest BCUT2D eigenvalue weighted by molar-refractivity contribution is 7.89. The highest BCUT2D eigenvalue weighted by Gasteiger charge is 2.25. The van der Waals surface area contributed by atoms with Crippen LogP contribution in [0, 0.1) is 0 Å². The van der Waals surface area contributed by atoms with Gasteiger partial charge in [0.05, 0.1) is 11.5 Å². The Bertz CT molecular complexity index is 649. The van der Waals surface area contributed by atoms with Crippen LogP contribution in [0.4, 0.5) is 0 Å². The Morgan fingerprint density at radius 2 is 2.00 bits per heavy atom. The van der Waals surface area contributed by atoms with E-state index >= 15 is 0 Å². The highest BCUT2D eigenvalue weighted by atomic mass is 32.2. The molecular formula is C15H20N2O4S. The monoisotopic (exact) mass is 324 g/mol. The fraction of sp³-hybridized carbons (Fsp3) is 0.533. The number of ether oxygens (including phenoxy) is 1. The van der Waals surface area contributed by atoms with Gasteiger partial charge in [-0.15, -0.1) is 0 Å². The van der Waals surface area contributed by atoms with Gasteiger partial charge in [0.25, 0.3) is 5.91 Å². The van der Waals surface area contributed by atoms with Gasteiger partial charge in [0.2, 0.25) is 10.0 Å². The van der Waals surface area contributed by atoms with Crippen LogP contribution in [0.2, 0.25) is 0 Å². The molecule has 1 saturated heterocycles. The van der Waals surface area contributed by atoms with E-state index in [1.807, 2.05) is 0 Å². The molecule has 0 unspecified atom stereocenters. The van der Waals surface area contributed by atoms with Crippen LogP contribution in [0.3, 0.4) is 0 Å². The van der Waals surface area contributed by atoms with E-state index in [9.17, 15) is 13.2 Å². The van der Waals surface area contributed by atoms with E-state index in [0.717, 1.165) is 19.3 Å². The number of carbonyl (C=O) groups excluding carboxylic acids is 1. The molecule has 3 rings (SSSR count). The van der Waals surface area contributed by atoms with E-state index in [2.05, 4.69) is 10.0 Å². The van der Waals surface area contributed by atoms with Crippen molar-refractivity contribution in [3.05, 3.63) is 29.8 Å². The summed E-state index contributed by atoms with van der Waals surface area (Å²) in [5.74, 6) is -0.217. The van der Waals surface area contributed by atoms with Crippen molar-refractivity contribution in [3.63, 3.8) is 0 Å². The first-order chi connectivity index (χ1) is 10.5. The van der Waals surface area contributed by atoms with Gasteiger partial charge < -0.3 is 10.1 Å². The summed E-state index contributed by atoms with van der Waals surface area (Å²) in [6.07, 6.45) is 3.79. The molecule has 1 aliphatic carbocycles. The SMILES string of the molecule is O=C(NC1CCC1)c1cccc(S(=O)(=O)N[C@H]2CCOC2)c1. The zero-order valence-corrected chi connectivity index (χ0v) is 13.1. The van der Waals surface area contributed by atoms with Crippen LogP contribution < -0.4 is 10.0 Å². The third-order valence-corrected chi connectivity index (χ3v) is 5.62. The van der Waals surface area contributed by atoms with Gasteiger partial charge >= 0.3 is 0 Å². The zero-order valence-electron chi connectivity index (χ0n) is 12.2. The summed E-state index contributed by atoms with van der Waals surface area (Å²) in [5, 5.41) is 2.91. The van der Waals surface area contributed by atoms with Crippen molar-refractivity contribution >= 4 is 15.9 Å². The molecule has 1 saturated carbocycles. The Morgan fingerprint density at radius 1 is 1.18 bits per heavy atom. The van der Waals surface area contributed by atoms with E-state index in [1.54, 1.807) is 12.1 Å². The van der Waals surface area contributed by atoms with Crippen molar-refractivity contribution in [3.8, 4) is 0 Å². The molecule has 1 aliphatic heterocycles. The molecule has 0 bridgehead atoms. The first-order valence-electron chi connectivity index (χ1n) is 7.55. The van der Waals surface area contributed by atoms with Gasteiger partial charge in [0, 0.05) is 24.3 Å². The molecule has 2 fully saturated rings. The maximum Gasteiger partial charge on any atom is 0.251 e. The smallest absolute Gasteiger partial charge is 0.251 e. The minimum atomic E-state index is -3.63. The molecule has 120 valence electrons. The number of benzene rings is 1. The quantitative estimate of drug-likeness (QED) is 0.847. The Balaban J connectivity index is 1.72. The van der Waals surface area contributed by atoms with Gasteiger partial charge in [-0.2, -0.15) is 0 Å². The molecule has 22 heavy (non-hydrogen) atoms. The van der Waals surface area contributed by atoms with Crippen LogP contribution in [-0.2, 0) is 14.8 Å². The number of hydrogen-bond acceptors (Lipinski definition) is 4. The Kier molecular flexibility index (Phi) is 4.46. The van der Waals surface area contributed by atoms with Crippen molar-refractivity contribution in [2.24, 2.45) is 0 Å².